The predicted octanol–water partition coefficient (Wildman–Crippen LogP) is 2.71. The number of amides is 1. The SMILES string of the molecule is CN(CCOc1ccc(Br)cc1)C(=O)C1CCCNC1.Cl. The van der Waals surface area contributed by atoms with Gasteiger partial charge in [0.15, 0.2) is 0 Å². The molecule has 0 aliphatic carbocycles. The number of carbonyl (C=O) groups is 1. The zero-order valence-electron chi connectivity index (χ0n) is 12.2. The number of ether oxygens (including phenoxy) is 1. The van der Waals surface area contributed by atoms with Crippen LogP contribution in [0.4, 0.5) is 0 Å². The van der Waals surface area contributed by atoms with E-state index in [1.165, 1.54) is 0 Å². The number of carbonyl (C=O) groups excluding carboxylic acids is 1. The third-order valence-corrected chi connectivity index (χ3v) is 4.06. The summed E-state index contributed by atoms with van der Waals surface area (Å²) in [5.41, 5.74) is 0. The summed E-state index contributed by atoms with van der Waals surface area (Å²) in [5, 5.41) is 3.27. The van der Waals surface area contributed by atoms with Crippen molar-refractivity contribution in [2.45, 2.75) is 12.8 Å². The molecule has 1 heterocycles. The summed E-state index contributed by atoms with van der Waals surface area (Å²) in [6.45, 7) is 2.96. The zero-order valence-corrected chi connectivity index (χ0v) is 14.6. The van der Waals surface area contributed by atoms with Gasteiger partial charge in [-0.2, -0.15) is 0 Å². The number of piperidine rings is 1. The first-order valence-corrected chi connectivity index (χ1v) is 7.80. The molecule has 21 heavy (non-hydrogen) atoms. The van der Waals surface area contributed by atoms with Gasteiger partial charge in [0, 0.05) is 18.1 Å². The number of hydrogen-bond donors (Lipinski definition) is 1. The van der Waals surface area contributed by atoms with Crippen molar-refractivity contribution in [1.82, 2.24) is 10.2 Å². The van der Waals surface area contributed by atoms with Gasteiger partial charge in [0.05, 0.1) is 12.5 Å². The number of rotatable bonds is 5. The van der Waals surface area contributed by atoms with Crippen LogP contribution >= 0.6 is 28.3 Å². The molecule has 1 aliphatic rings. The average Bonchev–Trinajstić information content (AvgIpc) is 2.49. The van der Waals surface area contributed by atoms with Crippen molar-refractivity contribution in [2.24, 2.45) is 5.92 Å². The van der Waals surface area contributed by atoms with Gasteiger partial charge >= 0.3 is 0 Å². The fourth-order valence-electron chi connectivity index (χ4n) is 2.32. The van der Waals surface area contributed by atoms with Gasteiger partial charge in [0.2, 0.25) is 5.91 Å². The van der Waals surface area contributed by atoms with Crippen LogP contribution in [-0.2, 0) is 4.79 Å². The molecule has 1 saturated heterocycles. The molecule has 6 heteroatoms. The van der Waals surface area contributed by atoms with E-state index in [4.69, 9.17) is 4.74 Å². The van der Waals surface area contributed by atoms with Crippen LogP contribution in [0.2, 0.25) is 0 Å². The summed E-state index contributed by atoms with van der Waals surface area (Å²) >= 11 is 3.39. The highest BCUT2D eigenvalue weighted by atomic mass is 79.9. The Kier molecular flexibility index (Phi) is 8.07. The number of nitrogens with one attached hydrogen (secondary N) is 1. The first-order valence-electron chi connectivity index (χ1n) is 7.01. The number of likely N-dealkylation sites (N-methyl/N-ethyl adjacent to an activating group) is 1. The molecule has 0 bridgehead atoms. The molecule has 0 saturated carbocycles. The van der Waals surface area contributed by atoms with Crippen LogP contribution in [0.3, 0.4) is 0 Å². The fraction of sp³-hybridized carbons (Fsp3) is 0.533. The predicted molar refractivity (Wildman–Crippen MR) is 90.1 cm³/mol. The third-order valence-electron chi connectivity index (χ3n) is 3.53. The van der Waals surface area contributed by atoms with Crippen molar-refractivity contribution < 1.29 is 9.53 Å². The number of hydrogen-bond acceptors (Lipinski definition) is 3. The Bertz CT molecular complexity index is 436. The Balaban J connectivity index is 0.00000220. The molecule has 1 fully saturated rings. The second-order valence-electron chi connectivity index (χ2n) is 5.11. The maximum atomic E-state index is 12.2. The summed E-state index contributed by atoms with van der Waals surface area (Å²) in [6.07, 6.45) is 2.07. The van der Waals surface area contributed by atoms with Crippen molar-refractivity contribution in [3.63, 3.8) is 0 Å². The lowest BCUT2D eigenvalue weighted by Crippen LogP contribution is -2.42. The Morgan fingerprint density at radius 3 is 2.76 bits per heavy atom. The highest BCUT2D eigenvalue weighted by Gasteiger charge is 2.23. The van der Waals surface area contributed by atoms with Crippen molar-refractivity contribution >= 4 is 34.2 Å². The molecule has 0 radical (unpaired) electrons. The molecule has 1 unspecified atom stereocenters. The van der Waals surface area contributed by atoms with Gasteiger partial charge in [0.1, 0.15) is 12.4 Å². The molecule has 118 valence electrons. The van der Waals surface area contributed by atoms with E-state index in [-0.39, 0.29) is 24.2 Å². The molecule has 1 amide bonds. The maximum Gasteiger partial charge on any atom is 0.226 e. The van der Waals surface area contributed by atoms with Crippen LogP contribution in [0.1, 0.15) is 12.8 Å². The van der Waals surface area contributed by atoms with Crippen LogP contribution < -0.4 is 10.1 Å². The second kappa shape index (κ2) is 9.28. The molecular formula is C15H22BrClN2O2. The van der Waals surface area contributed by atoms with Gasteiger partial charge in [-0.05, 0) is 43.7 Å². The van der Waals surface area contributed by atoms with Crippen molar-refractivity contribution in [2.75, 3.05) is 33.3 Å². The maximum absolute atomic E-state index is 12.2. The van der Waals surface area contributed by atoms with Crippen LogP contribution in [0.25, 0.3) is 0 Å². The first-order chi connectivity index (χ1) is 9.66. The molecule has 1 aromatic rings. The highest BCUT2D eigenvalue weighted by molar-refractivity contribution is 9.10. The highest BCUT2D eigenvalue weighted by Crippen LogP contribution is 2.16. The van der Waals surface area contributed by atoms with E-state index in [2.05, 4.69) is 21.2 Å². The van der Waals surface area contributed by atoms with E-state index >= 15 is 0 Å². The Morgan fingerprint density at radius 1 is 1.43 bits per heavy atom. The van der Waals surface area contributed by atoms with E-state index in [1.807, 2.05) is 31.3 Å². The average molecular weight is 378 g/mol. The fourth-order valence-corrected chi connectivity index (χ4v) is 2.58. The monoisotopic (exact) mass is 376 g/mol. The van der Waals surface area contributed by atoms with Gasteiger partial charge in [-0.3, -0.25) is 4.79 Å². The number of nitrogens with zero attached hydrogens (tertiary/aromatic N) is 1. The van der Waals surface area contributed by atoms with Crippen LogP contribution in [0, 0.1) is 5.92 Å². The van der Waals surface area contributed by atoms with Crippen molar-refractivity contribution in [1.29, 1.82) is 0 Å². The van der Waals surface area contributed by atoms with E-state index in [0.717, 1.165) is 36.2 Å². The van der Waals surface area contributed by atoms with Gasteiger partial charge in [-0.25, -0.2) is 0 Å². The molecule has 0 aromatic heterocycles. The van der Waals surface area contributed by atoms with Gasteiger partial charge in [0.25, 0.3) is 0 Å². The molecule has 1 aromatic carbocycles. The smallest absolute Gasteiger partial charge is 0.226 e. The Labute approximate surface area is 140 Å². The lowest BCUT2D eigenvalue weighted by molar-refractivity contribution is -0.135. The van der Waals surface area contributed by atoms with E-state index in [0.29, 0.717) is 13.2 Å². The van der Waals surface area contributed by atoms with Crippen LogP contribution in [0.5, 0.6) is 5.75 Å². The molecule has 1 N–H and O–H groups in total. The third kappa shape index (κ3) is 5.85. The molecule has 0 spiro atoms. The quantitative estimate of drug-likeness (QED) is 0.858. The minimum Gasteiger partial charge on any atom is -0.492 e. The second-order valence-corrected chi connectivity index (χ2v) is 6.02. The topological polar surface area (TPSA) is 41.6 Å². The summed E-state index contributed by atoms with van der Waals surface area (Å²) < 4.78 is 6.67. The lowest BCUT2D eigenvalue weighted by atomic mass is 9.98. The molecule has 1 aliphatic heterocycles. The van der Waals surface area contributed by atoms with Crippen LogP contribution in [0.15, 0.2) is 28.7 Å². The largest absolute Gasteiger partial charge is 0.492 e. The van der Waals surface area contributed by atoms with Crippen LogP contribution in [-0.4, -0.2) is 44.1 Å². The standard InChI is InChI=1S/C15H21BrN2O2.ClH/c1-18(15(19)12-3-2-8-17-11-12)9-10-20-14-6-4-13(16)5-7-14;/h4-7,12,17H,2-3,8-11H2,1H3;1H. The lowest BCUT2D eigenvalue weighted by Gasteiger charge is -2.27. The van der Waals surface area contributed by atoms with E-state index in [1.54, 1.807) is 4.90 Å². The summed E-state index contributed by atoms with van der Waals surface area (Å²) in [6, 6.07) is 7.71. The number of halogens is 2. The van der Waals surface area contributed by atoms with E-state index < -0.39 is 0 Å². The van der Waals surface area contributed by atoms with Crippen molar-refractivity contribution in [3.8, 4) is 5.75 Å². The van der Waals surface area contributed by atoms with Gasteiger partial charge < -0.3 is 15.0 Å². The summed E-state index contributed by atoms with van der Waals surface area (Å²) in [7, 11) is 1.85. The Morgan fingerprint density at radius 2 is 2.14 bits per heavy atom. The summed E-state index contributed by atoms with van der Waals surface area (Å²) in [5.74, 6) is 1.17. The molecule has 2 rings (SSSR count). The molecule has 4 nitrogen and oxygen atoms in total. The zero-order chi connectivity index (χ0) is 14.4. The minimum atomic E-state index is 0. The Hall–Kier alpha value is -0.780. The molecular weight excluding hydrogens is 356 g/mol. The van der Waals surface area contributed by atoms with Gasteiger partial charge in [-0.1, -0.05) is 15.9 Å². The minimum absolute atomic E-state index is 0. The molecule has 1 atom stereocenters. The van der Waals surface area contributed by atoms with E-state index in [9.17, 15) is 4.79 Å². The first kappa shape index (κ1) is 18.3. The number of benzene rings is 1. The van der Waals surface area contributed by atoms with Gasteiger partial charge in [-0.15, -0.1) is 12.4 Å². The van der Waals surface area contributed by atoms with Crippen molar-refractivity contribution in [3.05, 3.63) is 28.7 Å². The normalized spacial score (nSPS) is 17.7. The summed E-state index contributed by atoms with van der Waals surface area (Å²) in [4.78, 5) is 14.0.